The van der Waals surface area contributed by atoms with Gasteiger partial charge in [-0.2, -0.15) is 0 Å². The van der Waals surface area contributed by atoms with Crippen LogP contribution in [0.3, 0.4) is 0 Å². The first kappa shape index (κ1) is 25.1. The molecule has 0 aliphatic heterocycles. The van der Waals surface area contributed by atoms with E-state index in [-0.39, 0.29) is 16.7 Å². The number of carbonyl (C=O) groups is 2. The number of Topliss-reactive ketones (excluding diaryl/α,β-unsaturated/α-hetero) is 2. The lowest BCUT2D eigenvalue weighted by Gasteiger charge is -2.27. The fraction of sp³-hybridized carbons (Fsp3) is 0. The molecular formula is C38H21F2NO2. The molecular weight excluding hydrogens is 540 g/mol. The number of carbonyl (C=O) groups excluding carboxylic acids is 2. The molecule has 0 N–H and O–H groups in total. The number of rotatable bonds is 4. The minimum atomic E-state index is -1.15. The van der Waals surface area contributed by atoms with E-state index >= 15 is 0 Å². The standard InChI is InChI=1S/C38H21F2NO2/c39-33-20-30-31(21-34(33)40)38(43)32(37(30)42)19-22-14-15-25-27-16-17-35(28-13-7-12-26(36(27)28)29(25)18-22)41(23-8-3-1-4-9-23)24-10-5-2-6-11-24/h1-21H. The predicted molar refractivity (Wildman–Crippen MR) is 166 cm³/mol. The van der Waals surface area contributed by atoms with Gasteiger partial charge in [-0.15, -0.1) is 0 Å². The van der Waals surface area contributed by atoms with Crippen LogP contribution in [0.2, 0.25) is 0 Å². The van der Waals surface area contributed by atoms with Gasteiger partial charge >= 0.3 is 0 Å². The van der Waals surface area contributed by atoms with Crippen molar-refractivity contribution >= 4 is 45.5 Å². The number of fused-ring (bicyclic) bond motifs is 4. The fourth-order valence-corrected chi connectivity index (χ4v) is 6.34. The highest BCUT2D eigenvalue weighted by atomic mass is 19.2. The molecule has 8 rings (SSSR count). The quantitative estimate of drug-likeness (QED) is 0.159. The van der Waals surface area contributed by atoms with Crippen LogP contribution >= 0.6 is 0 Å². The van der Waals surface area contributed by atoms with Crippen LogP contribution in [-0.2, 0) is 0 Å². The van der Waals surface area contributed by atoms with Crippen LogP contribution in [-0.4, -0.2) is 11.6 Å². The van der Waals surface area contributed by atoms with Gasteiger partial charge < -0.3 is 4.90 Å². The lowest BCUT2D eigenvalue weighted by molar-refractivity contribution is 0.0990. The largest absolute Gasteiger partial charge is 0.310 e. The molecule has 2 aliphatic rings. The number of hydrogen-bond acceptors (Lipinski definition) is 3. The Kier molecular flexibility index (Phi) is 5.50. The van der Waals surface area contributed by atoms with Gasteiger partial charge in [0.1, 0.15) is 0 Å². The summed E-state index contributed by atoms with van der Waals surface area (Å²) in [6, 6.07) is 38.5. The summed E-state index contributed by atoms with van der Waals surface area (Å²) in [5.74, 6) is -3.50. The molecule has 0 aromatic heterocycles. The van der Waals surface area contributed by atoms with Crippen molar-refractivity contribution in [2.45, 2.75) is 0 Å². The van der Waals surface area contributed by atoms with Gasteiger partial charge in [0.25, 0.3) is 0 Å². The second-order valence-corrected chi connectivity index (χ2v) is 10.7. The molecule has 6 aromatic carbocycles. The van der Waals surface area contributed by atoms with Crippen molar-refractivity contribution < 1.29 is 18.4 Å². The van der Waals surface area contributed by atoms with Gasteiger partial charge in [0.2, 0.25) is 0 Å². The van der Waals surface area contributed by atoms with Crippen molar-refractivity contribution in [1.82, 2.24) is 0 Å². The molecule has 3 nitrogen and oxygen atoms in total. The summed E-state index contributed by atoms with van der Waals surface area (Å²) in [6.45, 7) is 0. The third-order valence-corrected chi connectivity index (χ3v) is 8.26. The Morgan fingerprint density at radius 3 is 1.72 bits per heavy atom. The van der Waals surface area contributed by atoms with Crippen molar-refractivity contribution in [2.75, 3.05) is 4.90 Å². The van der Waals surface area contributed by atoms with Crippen molar-refractivity contribution in [2.24, 2.45) is 0 Å². The minimum Gasteiger partial charge on any atom is -0.310 e. The highest BCUT2D eigenvalue weighted by Crippen LogP contribution is 2.51. The molecule has 6 aromatic rings. The van der Waals surface area contributed by atoms with Crippen molar-refractivity contribution in [1.29, 1.82) is 0 Å². The third kappa shape index (κ3) is 3.78. The minimum absolute atomic E-state index is 0.0997. The summed E-state index contributed by atoms with van der Waals surface area (Å²) in [5.41, 5.74) is 7.70. The number of nitrogens with zero attached hydrogens (tertiary/aromatic N) is 1. The molecule has 2 aliphatic carbocycles. The molecule has 43 heavy (non-hydrogen) atoms. The Bertz CT molecular complexity index is 2100. The molecule has 0 atom stereocenters. The van der Waals surface area contributed by atoms with E-state index in [0.717, 1.165) is 62.2 Å². The van der Waals surface area contributed by atoms with E-state index in [4.69, 9.17) is 0 Å². The summed E-state index contributed by atoms with van der Waals surface area (Å²) in [7, 11) is 0. The zero-order valence-electron chi connectivity index (χ0n) is 22.6. The highest BCUT2D eigenvalue weighted by Gasteiger charge is 2.35. The molecule has 0 radical (unpaired) electrons. The molecule has 0 amide bonds. The monoisotopic (exact) mass is 561 g/mol. The average Bonchev–Trinajstić information content (AvgIpc) is 3.47. The van der Waals surface area contributed by atoms with Gasteiger partial charge in [0.15, 0.2) is 23.2 Å². The molecule has 204 valence electrons. The maximum Gasteiger partial charge on any atom is 0.197 e. The topological polar surface area (TPSA) is 37.4 Å². The van der Waals surface area contributed by atoms with Crippen LogP contribution in [0.1, 0.15) is 26.3 Å². The van der Waals surface area contributed by atoms with Crippen LogP contribution < -0.4 is 4.90 Å². The van der Waals surface area contributed by atoms with E-state index < -0.39 is 23.2 Å². The SMILES string of the molecule is O=C1C(=Cc2ccc3c(c2)-c2cccc4c(N(c5ccccc5)c5ccccc5)ccc-3c24)C(=O)c2cc(F)c(F)cc21. The number of para-hydroxylation sites is 2. The number of benzene rings is 6. The maximum absolute atomic E-state index is 13.8. The highest BCUT2D eigenvalue weighted by molar-refractivity contribution is 6.41. The Balaban J connectivity index is 1.26. The summed E-state index contributed by atoms with van der Waals surface area (Å²) >= 11 is 0. The van der Waals surface area contributed by atoms with E-state index in [9.17, 15) is 18.4 Å². The van der Waals surface area contributed by atoms with Crippen LogP contribution in [0.15, 0.2) is 127 Å². The molecule has 0 heterocycles. The number of allylic oxidation sites excluding steroid dienone is 1. The Morgan fingerprint density at radius 1 is 0.512 bits per heavy atom. The molecule has 5 heteroatoms. The molecule has 0 bridgehead atoms. The summed E-state index contributed by atoms with van der Waals surface area (Å²) in [5, 5.41) is 2.22. The first-order valence-electron chi connectivity index (χ1n) is 13.9. The van der Waals surface area contributed by atoms with Gasteiger partial charge in [-0.3, -0.25) is 9.59 Å². The fourth-order valence-electron chi connectivity index (χ4n) is 6.34. The van der Waals surface area contributed by atoms with Gasteiger partial charge in [0.05, 0.1) is 11.3 Å². The van der Waals surface area contributed by atoms with E-state index in [2.05, 4.69) is 53.4 Å². The summed E-state index contributed by atoms with van der Waals surface area (Å²) in [6.07, 6.45) is 1.52. The Labute approximate surface area is 246 Å². The number of anilines is 3. The zero-order valence-corrected chi connectivity index (χ0v) is 22.6. The van der Waals surface area contributed by atoms with Crippen molar-refractivity contribution in [3.05, 3.63) is 155 Å². The van der Waals surface area contributed by atoms with Crippen LogP contribution in [0.4, 0.5) is 25.8 Å². The summed E-state index contributed by atoms with van der Waals surface area (Å²) < 4.78 is 27.7. The van der Waals surface area contributed by atoms with E-state index in [1.54, 1.807) is 0 Å². The van der Waals surface area contributed by atoms with E-state index in [1.807, 2.05) is 60.7 Å². The van der Waals surface area contributed by atoms with Crippen LogP contribution in [0, 0.1) is 11.6 Å². The molecule has 0 fully saturated rings. The van der Waals surface area contributed by atoms with Crippen molar-refractivity contribution in [3.63, 3.8) is 0 Å². The Hall–Kier alpha value is -5.68. The average molecular weight is 562 g/mol. The number of ketones is 2. The van der Waals surface area contributed by atoms with E-state index in [1.165, 1.54) is 6.08 Å². The van der Waals surface area contributed by atoms with Crippen LogP contribution in [0.5, 0.6) is 0 Å². The predicted octanol–water partition coefficient (Wildman–Crippen LogP) is 9.70. The van der Waals surface area contributed by atoms with Crippen LogP contribution in [0.25, 0.3) is 39.1 Å². The normalized spacial score (nSPS) is 12.9. The van der Waals surface area contributed by atoms with Gasteiger partial charge in [-0.05, 0) is 87.8 Å². The van der Waals surface area contributed by atoms with Gasteiger partial charge in [-0.25, -0.2) is 8.78 Å². The second kappa shape index (κ2) is 9.43. The van der Waals surface area contributed by atoms with Crippen molar-refractivity contribution in [3.8, 4) is 22.3 Å². The van der Waals surface area contributed by atoms with Gasteiger partial charge in [-0.1, -0.05) is 72.8 Å². The number of hydrogen-bond donors (Lipinski definition) is 0. The first-order valence-corrected chi connectivity index (χ1v) is 13.9. The molecule has 0 saturated carbocycles. The third-order valence-electron chi connectivity index (χ3n) is 8.26. The molecule has 0 saturated heterocycles. The lowest BCUT2D eigenvalue weighted by atomic mass is 9.99. The first-order chi connectivity index (χ1) is 21.0. The lowest BCUT2D eigenvalue weighted by Crippen LogP contribution is -2.10. The molecule has 0 spiro atoms. The maximum atomic E-state index is 13.8. The zero-order chi connectivity index (χ0) is 29.2. The Morgan fingerprint density at radius 2 is 1.09 bits per heavy atom. The summed E-state index contributed by atoms with van der Waals surface area (Å²) in [4.78, 5) is 28.2. The number of halogens is 2. The second-order valence-electron chi connectivity index (χ2n) is 10.7. The smallest absolute Gasteiger partial charge is 0.197 e. The van der Waals surface area contributed by atoms with Gasteiger partial charge in [0, 0.05) is 27.9 Å². The van der Waals surface area contributed by atoms with E-state index in [0.29, 0.717) is 5.56 Å². The molecule has 0 unspecified atom stereocenters.